The third-order valence-corrected chi connectivity index (χ3v) is 3.93. The first-order valence-corrected chi connectivity index (χ1v) is 6.52. The van der Waals surface area contributed by atoms with E-state index < -0.39 is 11.7 Å². The number of rotatable bonds is 1. The molecule has 2 rings (SSSR count). The first-order valence-electron chi connectivity index (χ1n) is 6.52. The summed E-state index contributed by atoms with van der Waals surface area (Å²) in [6, 6.07) is 0. The molecule has 0 saturated carbocycles. The number of hydrogen-bond donors (Lipinski definition) is 0. The summed E-state index contributed by atoms with van der Waals surface area (Å²) in [6.45, 7) is 6.03. The second-order valence-corrected chi connectivity index (χ2v) is 5.29. The second kappa shape index (κ2) is 5.35. The summed E-state index contributed by atoms with van der Waals surface area (Å²) in [7, 11) is 0. The summed E-state index contributed by atoms with van der Waals surface area (Å²) < 4.78 is 37.3. The maximum absolute atomic E-state index is 12.4. The highest BCUT2D eigenvalue weighted by Crippen LogP contribution is 2.29. The van der Waals surface area contributed by atoms with E-state index in [9.17, 15) is 13.2 Å². The third-order valence-electron chi connectivity index (χ3n) is 3.93. The maximum Gasteiger partial charge on any atom is 0.419 e. The van der Waals surface area contributed by atoms with Crippen LogP contribution in [0.15, 0.2) is 12.4 Å². The molecule has 1 saturated heterocycles. The molecular weight excluding hydrogens is 255 g/mol. The summed E-state index contributed by atoms with van der Waals surface area (Å²) in [5.41, 5.74) is -0.798. The van der Waals surface area contributed by atoms with Crippen LogP contribution < -0.4 is 4.90 Å². The number of anilines is 1. The van der Waals surface area contributed by atoms with Crippen molar-refractivity contribution in [3.63, 3.8) is 0 Å². The Bertz CT molecular complexity index is 404. The van der Waals surface area contributed by atoms with Crippen LogP contribution in [0.2, 0.25) is 0 Å². The number of alkyl halides is 3. The van der Waals surface area contributed by atoms with Gasteiger partial charge in [0, 0.05) is 25.5 Å². The maximum atomic E-state index is 12.4. The van der Waals surface area contributed by atoms with Gasteiger partial charge in [0.2, 0.25) is 5.95 Å². The second-order valence-electron chi connectivity index (χ2n) is 5.29. The molecule has 1 aliphatic heterocycles. The van der Waals surface area contributed by atoms with Gasteiger partial charge in [0.15, 0.2) is 0 Å². The van der Waals surface area contributed by atoms with E-state index in [0.717, 1.165) is 38.3 Å². The molecule has 0 bridgehead atoms. The van der Waals surface area contributed by atoms with Gasteiger partial charge in [0.1, 0.15) is 0 Å². The highest BCUT2D eigenvalue weighted by molar-refractivity contribution is 5.30. The molecular formula is C13H18F3N3. The minimum atomic E-state index is -4.37. The number of halogens is 3. The van der Waals surface area contributed by atoms with Gasteiger partial charge in [0.05, 0.1) is 5.56 Å². The van der Waals surface area contributed by atoms with Crippen LogP contribution in [0.25, 0.3) is 0 Å². The Hall–Kier alpha value is -1.33. The van der Waals surface area contributed by atoms with Crippen molar-refractivity contribution in [3.05, 3.63) is 18.0 Å². The van der Waals surface area contributed by atoms with Crippen molar-refractivity contribution in [2.75, 3.05) is 18.0 Å². The molecule has 0 spiro atoms. The molecule has 2 heterocycles. The molecule has 3 nitrogen and oxygen atoms in total. The van der Waals surface area contributed by atoms with Crippen LogP contribution in [0.3, 0.4) is 0 Å². The van der Waals surface area contributed by atoms with Gasteiger partial charge < -0.3 is 4.90 Å². The van der Waals surface area contributed by atoms with Crippen LogP contribution in [-0.4, -0.2) is 23.1 Å². The van der Waals surface area contributed by atoms with Crippen LogP contribution in [0.1, 0.15) is 32.3 Å². The standard InChI is InChI=1S/C13H18F3N3/c1-9-3-5-19(6-4-10(9)2)12-17-7-11(8-18-12)13(14,15)16/h7-10H,3-6H2,1-2H3. The molecule has 1 aromatic rings. The van der Waals surface area contributed by atoms with Gasteiger partial charge in [-0.3, -0.25) is 0 Å². The van der Waals surface area contributed by atoms with Gasteiger partial charge in [-0.25, -0.2) is 9.97 Å². The molecule has 0 aromatic carbocycles. The van der Waals surface area contributed by atoms with Gasteiger partial charge >= 0.3 is 6.18 Å². The zero-order valence-corrected chi connectivity index (χ0v) is 11.1. The van der Waals surface area contributed by atoms with Crippen LogP contribution in [0.5, 0.6) is 0 Å². The predicted octanol–water partition coefficient (Wildman–Crippen LogP) is 3.37. The van der Waals surface area contributed by atoms with Crippen molar-refractivity contribution in [3.8, 4) is 0 Å². The zero-order chi connectivity index (χ0) is 14.0. The van der Waals surface area contributed by atoms with Crippen molar-refractivity contribution < 1.29 is 13.2 Å². The van der Waals surface area contributed by atoms with Crippen LogP contribution in [-0.2, 0) is 6.18 Å². The van der Waals surface area contributed by atoms with E-state index in [2.05, 4.69) is 23.8 Å². The molecule has 2 unspecified atom stereocenters. The molecule has 0 N–H and O–H groups in total. The molecule has 2 atom stereocenters. The SMILES string of the molecule is CC1CCN(c2ncc(C(F)(F)F)cn2)CCC1C. The van der Waals surface area contributed by atoms with E-state index in [1.807, 2.05) is 4.90 Å². The zero-order valence-electron chi connectivity index (χ0n) is 11.1. The summed E-state index contributed by atoms with van der Waals surface area (Å²) >= 11 is 0. The topological polar surface area (TPSA) is 29.0 Å². The number of nitrogens with zero attached hydrogens (tertiary/aromatic N) is 3. The predicted molar refractivity (Wildman–Crippen MR) is 66.8 cm³/mol. The first kappa shape index (κ1) is 14.1. The molecule has 6 heteroatoms. The fourth-order valence-electron chi connectivity index (χ4n) is 2.23. The highest BCUT2D eigenvalue weighted by Gasteiger charge is 2.31. The Morgan fingerprint density at radius 3 is 1.95 bits per heavy atom. The van der Waals surface area contributed by atoms with E-state index in [1.54, 1.807) is 0 Å². The van der Waals surface area contributed by atoms with Gasteiger partial charge in [0.25, 0.3) is 0 Å². The van der Waals surface area contributed by atoms with E-state index in [4.69, 9.17) is 0 Å². The van der Waals surface area contributed by atoms with Crippen molar-refractivity contribution in [1.82, 2.24) is 9.97 Å². The van der Waals surface area contributed by atoms with E-state index in [1.165, 1.54) is 0 Å². The normalized spacial score (nSPS) is 25.2. The number of hydrogen-bond acceptors (Lipinski definition) is 3. The van der Waals surface area contributed by atoms with E-state index in [0.29, 0.717) is 17.8 Å². The molecule has 106 valence electrons. The average molecular weight is 273 g/mol. The Labute approximate surface area is 110 Å². The fourth-order valence-corrected chi connectivity index (χ4v) is 2.23. The average Bonchev–Trinajstić information content (AvgIpc) is 2.52. The summed E-state index contributed by atoms with van der Waals surface area (Å²) in [5, 5.41) is 0. The van der Waals surface area contributed by atoms with Crippen molar-refractivity contribution >= 4 is 5.95 Å². The lowest BCUT2D eigenvalue weighted by Gasteiger charge is -2.20. The van der Waals surface area contributed by atoms with Crippen LogP contribution in [0.4, 0.5) is 19.1 Å². The Morgan fingerprint density at radius 1 is 1.05 bits per heavy atom. The minimum Gasteiger partial charge on any atom is -0.341 e. The van der Waals surface area contributed by atoms with E-state index in [-0.39, 0.29) is 0 Å². The fraction of sp³-hybridized carbons (Fsp3) is 0.692. The molecule has 0 radical (unpaired) electrons. The van der Waals surface area contributed by atoms with Crippen molar-refractivity contribution in [1.29, 1.82) is 0 Å². The Morgan fingerprint density at radius 2 is 1.53 bits per heavy atom. The third kappa shape index (κ3) is 3.36. The summed E-state index contributed by atoms with van der Waals surface area (Å²) in [4.78, 5) is 9.68. The lowest BCUT2D eigenvalue weighted by Crippen LogP contribution is -2.26. The molecule has 0 amide bonds. The highest BCUT2D eigenvalue weighted by atomic mass is 19.4. The smallest absolute Gasteiger partial charge is 0.341 e. The Kier molecular flexibility index (Phi) is 3.96. The van der Waals surface area contributed by atoms with Crippen molar-refractivity contribution in [2.24, 2.45) is 11.8 Å². The lowest BCUT2D eigenvalue weighted by molar-refractivity contribution is -0.138. The van der Waals surface area contributed by atoms with E-state index >= 15 is 0 Å². The van der Waals surface area contributed by atoms with Gasteiger partial charge in [-0.15, -0.1) is 0 Å². The lowest BCUT2D eigenvalue weighted by atomic mass is 9.92. The van der Waals surface area contributed by atoms with Gasteiger partial charge in [-0.05, 0) is 24.7 Å². The Balaban J connectivity index is 2.10. The molecule has 0 aliphatic carbocycles. The monoisotopic (exact) mass is 273 g/mol. The van der Waals surface area contributed by atoms with Crippen LogP contribution in [0, 0.1) is 11.8 Å². The van der Waals surface area contributed by atoms with Crippen LogP contribution >= 0.6 is 0 Å². The van der Waals surface area contributed by atoms with Crippen molar-refractivity contribution in [2.45, 2.75) is 32.9 Å². The first-order chi connectivity index (χ1) is 8.88. The largest absolute Gasteiger partial charge is 0.419 e. The number of aromatic nitrogens is 2. The summed E-state index contributed by atoms with van der Waals surface area (Å²) in [5.74, 6) is 1.65. The minimum absolute atomic E-state index is 0.398. The molecule has 19 heavy (non-hydrogen) atoms. The quantitative estimate of drug-likeness (QED) is 0.785. The summed E-state index contributed by atoms with van der Waals surface area (Å²) in [6.07, 6.45) is -0.613. The van der Waals surface area contributed by atoms with Gasteiger partial charge in [-0.2, -0.15) is 13.2 Å². The molecule has 1 fully saturated rings. The molecule has 1 aromatic heterocycles. The molecule has 1 aliphatic rings. The van der Waals surface area contributed by atoms with Gasteiger partial charge in [-0.1, -0.05) is 13.8 Å².